The molecule has 104 valence electrons. The zero-order valence-electron chi connectivity index (χ0n) is 11.5. The monoisotopic (exact) mass is 281 g/mol. The van der Waals surface area contributed by atoms with E-state index in [-0.39, 0.29) is 10.8 Å². The lowest BCUT2D eigenvalue weighted by molar-refractivity contribution is 0.140. The molecule has 0 bridgehead atoms. The number of fused-ring (bicyclic) bond motifs is 1. The lowest BCUT2D eigenvalue weighted by Crippen LogP contribution is -2.26. The predicted octanol–water partition coefficient (Wildman–Crippen LogP) is 3.13. The Labute approximate surface area is 119 Å². The Kier molecular flexibility index (Phi) is 2.95. The van der Waals surface area contributed by atoms with Crippen molar-refractivity contribution in [2.24, 2.45) is 11.1 Å². The van der Waals surface area contributed by atoms with E-state index in [9.17, 15) is 0 Å². The average molecular weight is 282 g/mol. The summed E-state index contributed by atoms with van der Waals surface area (Å²) in [5.74, 6) is 1.43. The second-order valence-corrected chi connectivity index (χ2v) is 6.92. The quantitative estimate of drug-likeness (QED) is 0.906. The zero-order chi connectivity index (χ0) is 13.7. The molecular formula is C15H20ClNO2. The van der Waals surface area contributed by atoms with E-state index in [1.54, 1.807) is 0 Å². The van der Waals surface area contributed by atoms with Gasteiger partial charge in [-0.1, -0.05) is 25.4 Å². The summed E-state index contributed by atoms with van der Waals surface area (Å²) < 4.78 is 11.7. The molecule has 2 N–H and O–H groups in total. The third-order valence-electron chi connectivity index (χ3n) is 4.09. The number of ether oxygens (including phenoxy) is 2. The number of rotatable bonds is 2. The molecule has 3 rings (SSSR count). The van der Waals surface area contributed by atoms with E-state index in [2.05, 4.69) is 19.9 Å². The van der Waals surface area contributed by atoms with Crippen molar-refractivity contribution in [1.29, 1.82) is 0 Å². The van der Waals surface area contributed by atoms with Gasteiger partial charge in [-0.2, -0.15) is 0 Å². The Morgan fingerprint density at radius 1 is 1.21 bits per heavy atom. The average Bonchev–Trinajstić information content (AvgIpc) is 3.15. The highest BCUT2D eigenvalue weighted by atomic mass is 35.5. The van der Waals surface area contributed by atoms with Gasteiger partial charge in [0, 0.05) is 17.4 Å². The van der Waals surface area contributed by atoms with E-state index in [4.69, 9.17) is 26.8 Å². The van der Waals surface area contributed by atoms with E-state index >= 15 is 0 Å². The zero-order valence-corrected chi connectivity index (χ0v) is 12.2. The first-order chi connectivity index (χ1) is 8.96. The lowest BCUT2D eigenvalue weighted by Gasteiger charge is -2.19. The lowest BCUT2D eigenvalue weighted by atomic mass is 9.96. The maximum absolute atomic E-state index is 6.36. The topological polar surface area (TPSA) is 44.5 Å². The van der Waals surface area contributed by atoms with E-state index in [0.29, 0.717) is 30.5 Å². The van der Waals surface area contributed by atoms with Gasteiger partial charge in [0.1, 0.15) is 0 Å². The molecule has 0 saturated heterocycles. The van der Waals surface area contributed by atoms with Crippen LogP contribution in [-0.2, 0) is 5.41 Å². The molecule has 0 spiro atoms. The Balaban J connectivity index is 1.99. The van der Waals surface area contributed by atoms with Crippen LogP contribution in [0.1, 0.15) is 32.3 Å². The first-order valence-corrected chi connectivity index (χ1v) is 7.13. The van der Waals surface area contributed by atoms with Crippen LogP contribution in [0, 0.1) is 5.41 Å². The number of nitrogens with two attached hydrogens (primary N) is 1. The fourth-order valence-corrected chi connectivity index (χ4v) is 2.73. The van der Waals surface area contributed by atoms with Crippen molar-refractivity contribution in [1.82, 2.24) is 0 Å². The fraction of sp³-hybridized carbons (Fsp3) is 0.600. The van der Waals surface area contributed by atoms with Gasteiger partial charge in [0.25, 0.3) is 0 Å². The van der Waals surface area contributed by atoms with Gasteiger partial charge in [-0.15, -0.1) is 0 Å². The number of halogens is 1. The molecular weight excluding hydrogens is 262 g/mol. The van der Waals surface area contributed by atoms with Crippen molar-refractivity contribution in [3.8, 4) is 11.5 Å². The standard InChI is InChI=1S/C15H20ClNO2/c1-14(2)8-18-12-6-10(15(7-17)3-4-15)5-11(16)13(12)19-9-14/h5-6H,3-4,7-9,17H2,1-2H3. The molecule has 0 aromatic heterocycles. The molecule has 4 heteroatoms. The molecule has 0 amide bonds. The van der Waals surface area contributed by atoms with Crippen LogP contribution in [0.5, 0.6) is 11.5 Å². The van der Waals surface area contributed by atoms with E-state index in [1.807, 2.05) is 6.07 Å². The molecule has 1 saturated carbocycles. The van der Waals surface area contributed by atoms with Crippen molar-refractivity contribution in [2.45, 2.75) is 32.1 Å². The minimum Gasteiger partial charge on any atom is -0.489 e. The number of hydrogen-bond acceptors (Lipinski definition) is 3. The van der Waals surface area contributed by atoms with Crippen LogP contribution in [0.2, 0.25) is 5.02 Å². The second kappa shape index (κ2) is 4.29. The molecule has 1 aliphatic heterocycles. The molecule has 1 heterocycles. The number of hydrogen-bond donors (Lipinski definition) is 1. The minimum absolute atomic E-state index is 0.00630. The maximum Gasteiger partial charge on any atom is 0.179 e. The minimum atomic E-state index is -0.00630. The summed E-state index contributed by atoms with van der Waals surface area (Å²) >= 11 is 6.36. The van der Waals surface area contributed by atoms with Crippen LogP contribution in [0.15, 0.2) is 12.1 Å². The van der Waals surface area contributed by atoms with E-state index in [0.717, 1.165) is 18.6 Å². The predicted molar refractivity (Wildman–Crippen MR) is 76.2 cm³/mol. The van der Waals surface area contributed by atoms with Gasteiger partial charge in [0.05, 0.1) is 18.2 Å². The van der Waals surface area contributed by atoms with Crippen molar-refractivity contribution >= 4 is 11.6 Å². The van der Waals surface area contributed by atoms with Gasteiger partial charge in [0.15, 0.2) is 11.5 Å². The van der Waals surface area contributed by atoms with Gasteiger partial charge in [-0.05, 0) is 30.5 Å². The molecule has 1 fully saturated rings. The van der Waals surface area contributed by atoms with Crippen molar-refractivity contribution in [3.63, 3.8) is 0 Å². The molecule has 0 unspecified atom stereocenters. The molecule has 19 heavy (non-hydrogen) atoms. The second-order valence-electron chi connectivity index (χ2n) is 6.51. The molecule has 0 atom stereocenters. The summed E-state index contributed by atoms with van der Waals surface area (Å²) in [5.41, 5.74) is 7.18. The van der Waals surface area contributed by atoms with Crippen LogP contribution >= 0.6 is 11.6 Å². The maximum atomic E-state index is 6.36. The van der Waals surface area contributed by atoms with Crippen LogP contribution < -0.4 is 15.2 Å². The molecule has 1 aliphatic carbocycles. The van der Waals surface area contributed by atoms with E-state index in [1.165, 1.54) is 5.56 Å². The SMILES string of the molecule is CC1(C)COc2cc(C3(CN)CC3)cc(Cl)c2OC1. The number of benzene rings is 1. The summed E-state index contributed by atoms with van der Waals surface area (Å²) in [6.07, 6.45) is 2.26. The van der Waals surface area contributed by atoms with Gasteiger partial charge >= 0.3 is 0 Å². The fourth-order valence-electron chi connectivity index (χ4n) is 2.47. The summed E-state index contributed by atoms with van der Waals surface area (Å²) in [6, 6.07) is 4.05. The molecule has 1 aromatic carbocycles. The van der Waals surface area contributed by atoms with Crippen LogP contribution in [0.25, 0.3) is 0 Å². The van der Waals surface area contributed by atoms with Gasteiger partial charge < -0.3 is 15.2 Å². The third-order valence-corrected chi connectivity index (χ3v) is 4.37. The van der Waals surface area contributed by atoms with Crippen LogP contribution in [0.3, 0.4) is 0 Å². The largest absolute Gasteiger partial charge is 0.489 e. The normalized spacial score (nSPS) is 22.7. The van der Waals surface area contributed by atoms with Crippen LogP contribution in [-0.4, -0.2) is 19.8 Å². The van der Waals surface area contributed by atoms with Crippen LogP contribution in [0.4, 0.5) is 0 Å². The Hall–Kier alpha value is -0.930. The molecule has 3 nitrogen and oxygen atoms in total. The highest BCUT2D eigenvalue weighted by molar-refractivity contribution is 6.32. The first kappa shape index (κ1) is 13.1. The van der Waals surface area contributed by atoms with Gasteiger partial charge in [0.2, 0.25) is 0 Å². The Morgan fingerprint density at radius 3 is 2.53 bits per heavy atom. The smallest absolute Gasteiger partial charge is 0.179 e. The Bertz CT molecular complexity index is 509. The highest BCUT2D eigenvalue weighted by Gasteiger charge is 2.44. The molecule has 2 aliphatic rings. The van der Waals surface area contributed by atoms with Crippen molar-refractivity contribution in [3.05, 3.63) is 22.7 Å². The third kappa shape index (κ3) is 2.30. The molecule has 1 aromatic rings. The first-order valence-electron chi connectivity index (χ1n) is 6.76. The summed E-state index contributed by atoms with van der Waals surface area (Å²) in [5, 5.41) is 0.630. The summed E-state index contributed by atoms with van der Waals surface area (Å²) in [7, 11) is 0. The van der Waals surface area contributed by atoms with Crippen molar-refractivity contribution in [2.75, 3.05) is 19.8 Å². The summed E-state index contributed by atoms with van der Waals surface area (Å²) in [6.45, 7) is 6.15. The van der Waals surface area contributed by atoms with Crippen molar-refractivity contribution < 1.29 is 9.47 Å². The van der Waals surface area contributed by atoms with E-state index < -0.39 is 0 Å². The van der Waals surface area contributed by atoms with Gasteiger partial charge in [-0.3, -0.25) is 0 Å². The van der Waals surface area contributed by atoms with Gasteiger partial charge in [-0.25, -0.2) is 0 Å². The molecule has 0 radical (unpaired) electrons. The Morgan fingerprint density at radius 2 is 1.89 bits per heavy atom. The highest BCUT2D eigenvalue weighted by Crippen LogP contribution is 2.51. The summed E-state index contributed by atoms with van der Waals surface area (Å²) in [4.78, 5) is 0.